The predicted molar refractivity (Wildman–Crippen MR) is 79.7 cm³/mol. The summed E-state index contributed by atoms with van der Waals surface area (Å²) in [7, 11) is 1.61. The van der Waals surface area contributed by atoms with Gasteiger partial charge in [-0.25, -0.2) is 0 Å². The molecule has 0 aliphatic carbocycles. The molecule has 2 aromatic rings. The van der Waals surface area contributed by atoms with Gasteiger partial charge in [0.05, 0.1) is 12.1 Å². The lowest BCUT2D eigenvalue weighted by atomic mass is 10.1. The first-order valence-corrected chi connectivity index (χ1v) is 6.82. The highest BCUT2D eigenvalue weighted by Crippen LogP contribution is 2.16. The second-order valence-electron chi connectivity index (χ2n) is 4.31. The zero-order valence-corrected chi connectivity index (χ0v) is 12.5. The van der Waals surface area contributed by atoms with Crippen molar-refractivity contribution in [1.29, 1.82) is 0 Å². The number of ketones is 1. The lowest BCUT2D eigenvalue weighted by molar-refractivity contribution is 0.0747. The maximum absolute atomic E-state index is 12.2. The van der Waals surface area contributed by atoms with Gasteiger partial charge in [0.2, 0.25) is 0 Å². The van der Waals surface area contributed by atoms with E-state index < -0.39 is 0 Å². The van der Waals surface area contributed by atoms with Gasteiger partial charge in [-0.2, -0.15) is 0 Å². The topological polar surface area (TPSA) is 50.3 Å². The summed E-state index contributed by atoms with van der Waals surface area (Å²) in [5.41, 5.74) is 1.09. The molecule has 0 bridgehead atoms. The van der Waals surface area contributed by atoms with Crippen LogP contribution in [0.1, 0.15) is 20.7 Å². The van der Waals surface area contributed by atoms with Crippen molar-refractivity contribution < 1.29 is 9.59 Å². The molecule has 0 spiro atoms. The van der Waals surface area contributed by atoms with Crippen LogP contribution in [0, 0.1) is 0 Å². The van der Waals surface area contributed by atoms with Crippen molar-refractivity contribution in [2.75, 3.05) is 13.6 Å². The molecule has 0 aliphatic rings. The molecule has 4 nitrogen and oxygen atoms in total. The van der Waals surface area contributed by atoms with E-state index in [1.165, 1.54) is 4.90 Å². The highest BCUT2D eigenvalue weighted by atomic mass is 79.9. The molecule has 0 radical (unpaired) electrons. The predicted octanol–water partition coefficient (Wildman–Crippen LogP) is 2.80. The van der Waals surface area contributed by atoms with E-state index in [2.05, 4.69) is 20.9 Å². The van der Waals surface area contributed by atoms with E-state index in [9.17, 15) is 9.59 Å². The van der Waals surface area contributed by atoms with Gasteiger partial charge in [0.25, 0.3) is 5.91 Å². The Morgan fingerprint density at radius 2 is 1.90 bits per heavy atom. The van der Waals surface area contributed by atoms with Gasteiger partial charge in [-0.1, -0.05) is 30.3 Å². The van der Waals surface area contributed by atoms with Gasteiger partial charge in [0, 0.05) is 29.5 Å². The highest BCUT2D eigenvalue weighted by Gasteiger charge is 2.17. The molecule has 0 saturated carbocycles. The summed E-state index contributed by atoms with van der Waals surface area (Å²) in [4.78, 5) is 29.6. The molecule has 0 fully saturated rings. The summed E-state index contributed by atoms with van der Waals surface area (Å²) in [5.74, 6) is -0.310. The fraction of sp³-hybridized carbons (Fsp3) is 0.133. The normalized spacial score (nSPS) is 10.1. The molecule has 2 rings (SSSR count). The van der Waals surface area contributed by atoms with E-state index in [4.69, 9.17) is 0 Å². The molecule has 0 aliphatic heterocycles. The van der Waals surface area contributed by atoms with E-state index in [-0.39, 0.29) is 18.2 Å². The van der Waals surface area contributed by atoms with Crippen LogP contribution < -0.4 is 0 Å². The molecule has 0 atom stereocenters. The van der Waals surface area contributed by atoms with Crippen LogP contribution in [-0.2, 0) is 0 Å². The third-order valence-corrected chi connectivity index (χ3v) is 3.46. The molecular weight excluding hydrogens is 320 g/mol. The average Bonchev–Trinajstić information content (AvgIpc) is 2.48. The Kier molecular flexibility index (Phi) is 4.63. The Bertz CT molecular complexity index is 629. The zero-order chi connectivity index (χ0) is 14.5. The fourth-order valence-corrected chi connectivity index (χ4v) is 2.18. The maximum Gasteiger partial charge on any atom is 0.255 e. The largest absolute Gasteiger partial charge is 0.334 e. The van der Waals surface area contributed by atoms with Crippen molar-refractivity contribution in [3.8, 4) is 0 Å². The maximum atomic E-state index is 12.2. The van der Waals surface area contributed by atoms with Crippen LogP contribution in [-0.4, -0.2) is 35.2 Å². The van der Waals surface area contributed by atoms with E-state index in [1.807, 2.05) is 6.07 Å². The third-order valence-electron chi connectivity index (χ3n) is 2.83. The fourth-order valence-electron chi connectivity index (χ4n) is 1.76. The molecule has 5 heteroatoms. The first-order valence-electron chi connectivity index (χ1n) is 6.03. The molecule has 1 amide bonds. The Hall–Kier alpha value is -2.01. The third kappa shape index (κ3) is 3.30. The molecule has 1 aromatic heterocycles. The molecule has 0 unspecified atom stereocenters. The van der Waals surface area contributed by atoms with Crippen LogP contribution in [0.5, 0.6) is 0 Å². The van der Waals surface area contributed by atoms with Gasteiger partial charge >= 0.3 is 0 Å². The quantitative estimate of drug-likeness (QED) is 0.809. The van der Waals surface area contributed by atoms with Crippen LogP contribution in [0.2, 0.25) is 0 Å². The first-order chi connectivity index (χ1) is 9.59. The second kappa shape index (κ2) is 6.43. The Balaban J connectivity index is 2.09. The van der Waals surface area contributed by atoms with Crippen LogP contribution in [0.25, 0.3) is 0 Å². The number of nitrogens with zero attached hydrogens (tertiary/aromatic N) is 2. The number of pyridine rings is 1. The minimum Gasteiger partial charge on any atom is -0.334 e. The van der Waals surface area contributed by atoms with Crippen molar-refractivity contribution in [3.05, 3.63) is 64.4 Å². The van der Waals surface area contributed by atoms with Gasteiger partial charge in [-0.15, -0.1) is 0 Å². The Labute approximate surface area is 125 Å². The van der Waals surface area contributed by atoms with Gasteiger partial charge in [-0.3, -0.25) is 14.6 Å². The number of carbonyl (C=O) groups excluding carboxylic acids is 2. The number of amides is 1. The van der Waals surface area contributed by atoms with E-state index in [1.54, 1.807) is 49.8 Å². The Morgan fingerprint density at radius 3 is 2.55 bits per heavy atom. The molecule has 1 aromatic carbocycles. The number of likely N-dealkylation sites (N-methyl/N-ethyl adjacent to an activating group) is 1. The monoisotopic (exact) mass is 332 g/mol. The summed E-state index contributed by atoms with van der Waals surface area (Å²) in [5, 5.41) is 0. The molecule has 1 heterocycles. The van der Waals surface area contributed by atoms with Crippen LogP contribution in [0.4, 0.5) is 0 Å². The Morgan fingerprint density at radius 1 is 1.20 bits per heavy atom. The van der Waals surface area contributed by atoms with Gasteiger partial charge in [0.15, 0.2) is 5.78 Å². The lowest BCUT2D eigenvalue weighted by Gasteiger charge is -2.17. The number of Topliss-reactive ketones (excluding diaryl/α,β-unsaturated/α-hetero) is 1. The highest BCUT2D eigenvalue weighted by molar-refractivity contribution is 9.10. The summed E-state index contributed by atoms with van der Waals surface area (Å²) in [6.07, 6.45) is 3.10. The van der Waals surface area contributed by atoms with E-state index in [0.29, 0.717) is 15.6 Å². The van der Waals surface area contributed by atoms with Crippen molar-refractivity contribution in [1.82, 2.24) is 9.88 Å². The van der Waals surface area contributed by atoms with Gasteiger partial charge < -0.3 is 4.90 Å². The molecule has 20 heavy (non-hydrogen) atoms. The van der Waals surface area contributed by atoms with Crippen molar-refractivity contribution in [2.45, 2.75) is 0 Å². The number of hydrogen-bond acceptors (Lipinski definition) is 3. The number of halogens is 1. The molecular formula is C15H13BrN2O2. The van der Waals surface area contributed by atoms with Gasteiger partial charge in [-0.05, 0) is 22.0 Å². The van der Waals surface area contributed by atoms with Crippen molar-refractivity contribution in [2.24, 2.45) is 0 Å². The summed E-state index contributed by atoms with van der Waals surface area (Å²) in [6.45, 7) is 0.0393. The minimum absolute atomic E-state index is 0.0393. The van der Waals surface area contributed by atoms with E-state index in [0.717, 1.165) is 0 Å². The second-order valence-corrected chi connectivity index (χ2v) is 5.16. The van der Waals surface area contributed by atoms with Crippen molar-refractivity contribution in [3.63, 3.8) is 0 Å². The van der Waals surface area contributed by atoms with Crippen LogP contribution >= 0.6 is 15.9 Å². The summed E-state index contributed by atoms with van der Waals surface area (Å²) in [6, 6.07) is 10.5. The minimum atomic E-state index is -0.219. The average molecular weight is 333 g/mol. The SMILES string of the molecule is CN(CC(=O)c1ccccc1)C(=O)c1ccncc1Br. The number of hydrogen-bond donors (Lipinski definition) is 0. The number of benzene rings is 1. The lowest BCUT2D eigenvalue weighted by Crippen LogP contribution is -2.32. The molecule has 102 valence electrons. The molecule has 0 saturated heterocycles. The summed E-state index contributed by atoms with van der Waals surface area (Å²) >= 11 is 3.28. The summed E-state index contributed by atoms with van der Waals surface area (Å²) < 4.78 is 0.615. The van der Waals surface area contributed by atoms with Crippen LogP contribution in [0.15, 0.2) is 53.3 Å². The molecule has 0 N–H and O–H groups in total. The number of rotatable bonds is 4. The zero-order valence-electron chi connectivity index (χ0n) is 10.9. The standard InChI is InChI=1S/C15H13BrN2O2/c1-18(10-14(19)11-5-3-2-4-6-11)15(20)12-7-8-17-9-13(12)16/h2-9H,10H2,1H3. The smallest absolute Gasteiger partial charge is 0.255 e. The van der Waals surface area contributed by atoms with Crippen molar-refractivity contribution >= 4 is 27.6 Å². The van der Waals surface area contributed by atoms with E-state index >= 15 is 0 Å². The number of carbonyl (C=O) groups is 2. The first kappa shape index (κ1) is 14.4. The van der Waals surface area contributed by atoms with Gasteiger partial charge in [0.1, 0.15) is 0 Å². The van der Waals surface area contributed by atoms with Crippen LogP contribution in [0.3, 0.4) is 0 Å². The number of aromatic nitrogens is 1.